The van der Waals surface area contributed by atoms with Crippen LogP contribution in [-0.2, 0) is 25.4 Å². The molecule has 194 valence electrons. The quantitative estimate of drug-likeness (QED) is 0.124. The van der Waals surface area contributed by atoms with Gasteiger partial charge in [0.15, 0.2) is 11.5 Å². The number of imidazole rings is 1. The molecule has 0 aliphatic carbocycles. The number of carbonyl (C=O) groups is 2. The first-order valence-corrected chi connectivity index (χ1v) is 11.1. The van der Waals surface area contributed by atoms with E-state index in [0.29, 0.717) is 23.5 Å². The molecule has 6 N–H and O–H groups in total. The second-order valence-electron chi connectivity index (χ2n) is 6.91. The Morgan fingerprint density at radius 1 is 1.14 bits per heavy atom. The molecule has 0 aromatic carbocycles. The Bertz CT molecular complexity index is 985. The van der Waals surface area contributed by atoms with Gasteiger partial charge in [0.2, 0.25) is 0 Å². The summed E-state index contributed by atoms with van der Waals surface area (Å²) in [5.74, 6) is 0.332. The first-order chi connectivity index (χ1) is 16.3. The molecule has 0 fully saturated rings. The van der Waals surface area contributed by atoms with Gasteiger partial charge in [0.25, 0.3) is 6.35 Å². The van der Waals surface area contributed by atoms with Crippen LogP contribution < -0.4 is 5.73 Å². The fourth-order valence-corrected chi connectivity index (χ4v) is 3.03. The van der Waals surface area contributed by atoms with Crippen molar-refractivity contribution in [3.8, 4) is 0 Å². The molecule has 2 atom stereocenters. The van der Waals surface area contributed by atoms with Crippen LogP contribution in [0.4, 0.5) is 15.4 Å². The van der Waals surface area contributed by atoms with Crippen molar-refractivity contribution in [1.82, 2.24) is 19.5 Å². The van der Waals surface area contributed by atoms with Crippen LogP contribution >= 0.6 is 8.03 Å². The minimum atomic E-state index is -2.18. The van der Waals surface area contributed by atoms with Crippen LogP contribution in [0.2, 0.25) is 0 Å². The zero-order valence-corrected chi connectivity index (χ0v) is 20.2. The van der Waals surface area contributed by atoms with E-state index in [4.69, 9.17) is 50.0 Å². The molecule has 0 radical (unpaired) electrons. The highest BCUT2D eigenvalue weighted by atomic mass is 31.1. The van der Waals surface area contributed by atoms with Crippen molar-refractivity contribution in [2.45, 2.75) is 39.0 Å². The fraction of sp³-hybridized carbons (Fsp3) is 0.421. The molecule has 2 aromatic rings. The van der Waals surface area contributed by atoms with Gasteiger partial charge in [-0.05, 0) is 17.4 Å². The number of hydrogen-bond donors (Lipinski definition) is 5. The summed E-state index contributed by atoms with van der Waals surface area (Å²) in [6.07, 6.45) is 2.06. The average Bonchev–Trinajstić information content (AvgIpc) is 3.16. The maximum Gasteiger partial charge on any atom is 0.568 e. The van der Waals surface area contributed by atoms with Crippen molar-refractivity contribution >= 4 is 37.3 Å². The van der Waals surface area contributed by atoms with Crippen LogP contribution in [0.15, 0.2) is 38.0 Å². The monoisotopic (exact) mass is 518 g/mol. The van der Waals surface area contributed by atoms with Crippen LogP contribution in [0.1, 0.15) is 20.8 Å². The Kier molecular flexibility index (Phi) is 13.7. The van der Waals surface area contributed by atoms with Gasteiger partial charge in [-0.2, -0.15) is 4.89 Å². The Labute approximate surface area is 201 Å². The summed E-state index contributed by atoms with van der Waals surface area (Å²) < 4.78 is 24.4. The molecule has 16 heteroatoms. The third-order valence-electron chi connectivity index (χ3n) is 4.15. The van der Waals surface area contributed by atoms with Crippen LogP contribution in [-0.4, -0.2) is 70.3 Å². The van der Waals surface area contributed by atoms with E-state index < -0.39 is 25.9 Å². The molecule has 0 amide bonds. The number of nitrogen functional groups attached to an aromatic ring is 1. The molecule has 1 unspecified atom stereocenters. The molecule has 2 rings (SSSR count). The standard InChI is InChI=1S/C17H25N5O4P.2CH2O3/c1-6-17(7-2,12(3)4)25-26-27(23)11-24-13(5)8-22-10-21-14-15(18)19-9-20-16(14)22;2*2-1(3)4/h6-7,9-10,12-13H,1-2,8,11H2,3-5H3,(H2,18,19,20);2*(H2,2,3,4)/q+1;;/t13-;;/m0../s1. The van der Waals surface area contributed by atoms with Crippen molar-refractivity contribution < 1.29 is 48.9 Å². The largest absolute Gasteiger partial charge is 0.568 e. The van der Waals surface area contributed by atoms with E-state index in [0.717, 1.165) is 0 Å². The zero-order chi connectivity index (χ0) is 27.2. The minimum absolute atomic E-state index is 0.0136. The minimum Gasteiger partial charge on any atom is -0.450 e. The molecule has 2 aromatic heterocycles. The summed E-state index contributed by atoms with van der Waals surface area (Å²) in [5.41, 5.74) is 6.00. The summed E-state index contributed by atoms with van der Waals surface area (Å²) in [6, 6.07) is 0. The van der Waals surface area contributed by atoms with Gasteiger partial charge in [-0.3, -0.25) is 0 Å². The van der Waals surface area contributed by atoms with Crippen molar-refractivity contribution in [3.63, 3.8) is 0 Å². The SMILES string of the molecule is C=CC(C=C)(OO[P+](=O)CO[C@@H](C)Cn1cnc2c(N)ncnc21)C(C)C.O=C(O)O.O=C(O)O. The molecule has 35 heavy (non-hydrogen) atoms. The molecule has 0 saturated carbocycles. The lowest BCUT2D eigenvalue weighted by molar-refractivity contribution is -0.268. The Hall–Kier alpha value is -3.65. The second-order valence-corrected chi connectivity index (χ2v) is 7.98. The maximum absolute atomic E-state index is 12.1. The van der Waals surface area contributed by atoms with E-state index in [1.54, 1.807) is 23.0 Å². The highest BCUT2D eigenvalue weighted by molar-refractivity contribution is 7.38. The topological polar surface area (TPSA) is 229 Å². The van der Waals surface area contributed by atoms with Crippen molar-refractivity contribution in [1.29, 1.82) is 0 Å². The van der Waals surface area contributed by atoms with Gasteiger partial charge >= 0.3 is 20.3 Å². The van der Waals surface area contributed by atoms with Crippen LogP contribution in [0.3, 0.4) is 0 Å². The van der Waals surface area contributed by atoms with E-state index in [1.807, 2.05) is 20.8 Å². The number of hydrogen-bond acceptors (Lipinski definition) is 10. The van der Waals surface area contributed by atoms with E-state index in [-0.39, 0.29) is 18.4 Å². The lowest BCUT2D eigenvalue weighted by Crippen LogP contribution is -2.33. The summed E-state index contributed by atoms with van der Waals surface area (Å²) in [7, 11) is -2.18. The number of anilines is 1. The molecule has 0 aliphatic rings. The van der Waals surface area contributed by atoms with E-state index in [9.17, 15) is 4.57 Å². The number of nitrogens with two attached hydrogens (primary N) is 1. The molecule has 0 spiro atoms. The lowest BCUT2D eigenvalue weighted by Gasteiger charge is -2.26. The average molecular weight is 518 g/mol. The summed E-state index contributed by atoms with van der Waals surface area (Å²) in [5, 5.41) is 27.9. The number of ether oxygens (including phenoxy) is 1. The van der Waals surface area contributed by atoms with Gasteiger partial charge in [0.05, 0.1) is 19.0 Å². The van der Waals surface area contributed by atoms with Gasteiger partial charge < -0.3 is 35.5 Å². The number of carboxylic acid groups (broad SMARTS) is 4. The van der Waals surface area contributed by atoms with Gasteiger partial charge in [-0.15, -0.1) is 0 Å². The maximum atomic E-state index is 12.1. The molecule has 2 heterocycles. The van der Waals surface area contributed by atoms with Crippen LogP contribution in [0.25, 0.3) is 11.2 Å². The highest BCUT2D eigenvalue weighted by Crippen LogP contribution is 2.32. The smallest absolute Gasteiger partial charge is 0.450 e. The Morgan fingerprint density at radius 2 is 1.69 bits per heavy atom. The Balaban J connectivity index is 0.00000126. The van der Waals surface area contributed by atoms with Gasteiger partial charge in [0, 0.05) is 4.67 Å². The number of nitrogens with zero attached hydrogens (tertiary/aromatic N) is 4. The first-order valence-electron chi connectivity index (χ1n) is 9.73. The predicted octanol–water partition coefficient (Wildman–Crippen LogP) is 3.67. The molecular weight excluding hydrogens is 489 g/mol. The van der Waals surface area contributed by atoms with Crippen LogP contribution in [0.5, 0.6) is 0 Å². The van der Waals surface area contributed by atoms with Gasteiger partial charge in [0.1, 0.15) is 17.4 Å². The Morgan fingerprint density at radius 3 is 2.17 bits per heavy atom. The molecular formula is C19H29N5O10P+. The summed E-state index contributed by atoms with van der Waals surface area (Å²) >= 11 is 0. The zero-order valence-electron chi connectivity index (χ0n) is 19.3. The molecule has 15 nitrogen and oxygen atoms in total. The summed E-state index contributed by atoms with van der Waals surface area (Å²) in [4.78, 5) is 34.7. The number of rotatable bonds is 11. The first kappa shape index (κ1) is 31.4. The van der Waals surface area contributed by atoms with Crippen molar-refractivity contribution in [2.75, 3.05) is 12.1 Å². The third kappa shape index (κ3) is 11.4. The predicted molar refractivity (Wildman–Crippen MR) is 124 cm³/mol. The van der Waals surface area contributed by atoms with E-state index >= 15 is 0 Å². The second kappa shape index (κ2) is 15.3. The normalized spacial score (nSPS) is 11.9. The summed E-state index contributed by atoms with van der Waals surface area (Å²) in [6.45, 7) is 13.6. The fourth-order valence-electron chi connectivity index (χ4n) is 2.40. The van der Waals surface area contributed by atoms with Crippen molar-refractivity contribution in [2.24, 2.45) is 5.92 Å². The molecule has 0 bridgehead atoms. The van der Waals surface area contributed by atoms with E-state index in [2.05, 4.69) is 28.1 Å². The molecule has 0 aliphatic heterocycles. The lowest BCUT2D eigenvalue weighted by atomic mass is 9.91. The number of fused-ring (bicyclic) bond motifs is 1. The third-order valence-corrected chi connectivity index (χ3v) is 4.75. The highest BCUT2D eigenvalue weighted by Gasteiger charge is 2.34. The van der Waals surface area contributed by atoms with Gasteiger partial charge in [-0.1, -0.05) is 39.2 Å². The molecule has 0 saturated heterocycles. The van der Waals surface area contributed by atoms with Gasteiger partial charge in [-0.25, -0.2) is 24.5 Å². The van der Waals surface area contributed by atoms with E-state index in [1.165, 1.54) is 6.33 Å². The van der Waals surface area contributed by atoms with Crippen LogP contribution in [0, 0.1) is 5.92 Å². The van der Waals surface area contributed by atoms with Crippen molar-refractivity contribution in [3.05, 3.63) is 38.0 Å². The number of aromatic nitrogens is 4.